The SMILES string of the molecule is C[C@H](CO)Nc1nc(Nc2ccc(S(C)(=N)=O)cc2)ncc1C#Cc1ccncc1O. The fourth-order valence-electron chi connectivity index (χ4n) is 2.48. The quantitative estimate of drug-likeness (QED) is 0.369. The van der Waals surface area contributed by atoms with Crippen molar-refractivity contribution in [1.29, 1.82) is 4.78 Å². The van der Waals surface area contributed by atoms with Crippen molar-refractivity contribution in [3.63, 3.8) is 0 Å². The molecule has 31 heavy (non-hydrogen) atoms. The molecule has 1 unspecified atom stereocenters. The number of aliphatic hydroxyl groups excluding tert-OH is 1. The predicted molar refractivity (Wildman–Crippen MR) is 119 cm³/mol. The van der Waals surface area contributed by atoms with Gasteiger partial charge in [-0.15, -0.1) is 0 Å². The molecule has 5 N–H and O–H groups in total. The maximum Gasteiger partial charge on any atom is 0.229 e. The predicted octanol–water partition coefficient (Wildman–Crippen LogP) is 2.55. The standard InChI is InChI=1S/C21H22N6O3S/c1-14(13-28)25-20-16(4-3-15-9-10-23-12-19(15)29)11-24-21(27-20)26-17-5-7-18(8-6-17)31(2,22)30/h5-12,14,22,28-29H,13H2,1-2H3,(H2,24,25,26,27)/t14-,31?/m1/s1. The molecule has 0 aliphatic carbocycles. The van der Waals surface area contributed by atoms with E-state index >= 15 is 0 Å². The average molecular weight is 439 g/mol. The molecule has 0 spiro atoms. The molecule has 2 aromatic heterocycles. The summed E-state index contributed by atoms with van der Waals surface area (Å²) in [4.78, 5) is 13.0. The van der Waals surface area contributed by atoms with Crippen LogP contribution in [-0.4, -0.2) is 48.3 Å². The van der Waals surface area contributed by atoms with Gasteiger partial charge in [-0.1, -0.05) is 11.8 Å². The van der Waals surface area contributed by atoms with E-state index in [1.54, 1.807) is 37.3 Å². The lowest BCUT2D eigenvalue weighted by atomic mass is 10.2. The van der Waals surface area contributed by atoms with Gasteiger partial charge in [0, 0.05) is 29.1 Å². The van der Waals surface area contributed by atoms with Gasteiger partial charge < -0.3 is 20.8 Å². The van der Waals surface area contributed by atoms with E-state index in [9.17, 15) is 14.4 Å². The minimum Gasteiger partial charge on any atom is -0.505 e. The zero-order chi connectivity index (χ0) is 22.4. The molecule has 2 atom stereocenters. The number of rotatable bonds is 6. The highest BCUT2D eigenvalue weighted by molar-refractivity contribution is 7.91. The van der Waals surface area contributed by atoms with Crippen LogP contribution in [0.25, 0.3) is 0 Å². The summed E-state index contributed by atoms with van der Waals surface area (Å²) in [6.45, 7) is 1.69. The summed E-state index contributed by atoms with van der Waals surface area (Å²) in [5.74, 6) is 6.47. The molecule has 0 amide bonds. The van der Waals surface area contributed by atoms with Crippen LogP contribution >= 0.6 is 0 Å². The first-order valence-electron chi connectivity index (χ1n) is 9.26. The number of hydrogen-bond acceptors (Lipinski definition) is 9. The van der Waals surface area contributed by atoms with Gasteiger partial charge in [0.1, 0.15) is 11.6 Å². The first kappa shape index (κ1) is 22.0. The van der Waals surface area contributed by atoms with Gasteiger partial charge in [-0.05, 0) is 37.3 Å². The van der Waals surface area contributed by atoms with Crippen molar-refractivity contribution < 1.29 is 14.4 Å². The van der Waals surface area contributed by atoms with E-state index in [-0.39, 0.29) is 18.4 Å². The number of nitrogens with one attached hydrogen (secondary N) is 3. The van der Waals surface area contributed by atoms with Crippen LogP contribution in [0.4, 0.5) is 17.5 Å². The summed E-state index contributed by atoms with van der Waals surface area (Å²) in [5.41, 5.74) is 1.56. The van der Waals surface area contributed by atoms with E-state index in [1.165, 1.54) is 24.8 Å². The second-order valence-electron chi connectivity index (χ2n) is 6.82. The van der Waals surface area contributed by atoms with Crippen LogP contribution < -0.4 is 10.6 Å². The summed E-state index contributed by atoms with van der Waals surface area (Å²) in [7, 11) is -2.78. The zero-order valence-electron chi connectivity index (χ0n) is 17.0. The number of hydrogen-bond donors (Lipinski definition) is 5. The first-order valence-corrected chi connectivity index (χ1v) is 11.2. The molecule has 0 aliphatic rings. The van der Waals surface area contributed by atoms with Gasteiger partial charge in [0.15, 0.2) is 0 Å². The van der Waals surface area contributed by atoms with E-state index in [0.717, 1.165) is 0 Å². The van der Waals surface area contributed by atoms with Crippen LogP contribution in [-0.2, 0) is 9.73 Å². The highest BCUT2D eigenvalue weighted by atomic mass is 32.2. The lowest BCUT2D eigenvalue weighted by Crippen LogP contribution is -2.21. The van der Waals surface area contributed by atoms with E-state index in [2.05, 4.69) is 37.4 Å². The fraction of sp³-hybridized carbons (Fsp3) is 0.190. The van der Waals surface area contributed by atoms with Crippen LogP contribution in [0.2, 0.25) is 0 Å². The smallest absolute Gasteiger partial charge is 0.229 e. The minimum atomic E-state index is -2.78. The van der Waals surface area contributed by atoms with Gasteiger partial charge in [-0.25, -0.2) is 14.0 Å². The Hall–Kier alpha value is -3.68. The molecule has 0 saturated heterocycles. The molecule has 0 aliphatic heterocycles. The van der Waals surface area contributed by atoms with Crippen LogP contribution in [0.3, 0.4) is 0 Å². The third kappa shape index (κ3) is 5.91. The van der Waals surface area contributed by atoms with E-state index in [0.29, 0.717) is 33.5 Å². The zero-order valence-corrected chi connectivity index (χ0v) is 17.8. The van der Waals surface area contributed by atoms with E-state index in [4.69, 9.17) is 4.78 Å². The molecule has 3 aromatic rings. The third-order valence-electron chi connectivity index (χ3n) is 4.14. The Morgan fingerprint density at radius 3 is 2.52 bits per heavy atom. The summed E-state index contributed by atoms with van der Waals surface area (Å²) < 4.78 is 19.5. The van der Waals surface area contributed by atoms with Crippen molar-refractivity contribution in [2.45, 2.75) is 17.9 Å². The van der Waals surface area contributed by atoms with Gasteiger partial charge in [-0.2, -0.15) is 4.98 Å². The van der Waals surface area contributed by atoms with Crippen molar-refractivity contribution >= 4 is 27.2 Å². The number of pyridine rings is 1. The summed E-state index contributed by atoms with van der Waals surface area (Å²) in [5, 5.41) is 25.4. The van der Waals surface area contributed by atoms with Gasteiger partial charge in [0.2, 0.25) is 5.95 Å². The Balaban J connectivity index is 1.90. The summed E-state index contributed by atoms with van der Waals surface area (Å²) >= 11 is 0. The minimum absolute atomic E-state index is 0.0282. The Morgan fingerprint density at radius 2 is 1.87 bits per heavy atom. The van der Waals surface area contributed by atoms with Gasteiger partial charge in [0.25, 0.3) is 0 Å². The molecule has 9 nitrogen and oxygen atoms in total. The maximum absolute atomic E-state index is 11.8. The van der Waals surface area contributed by atoms with Gasteiger partial charge in [0.05, 0.1) is 39.9 Å². The fourth-order valence-corrected chi connectivity index (χ4v) is 3.13. The molecule has 160 valence electrons. The summed E-state index contributed by atoms with van der Waals surface area (Å²) in [6.07, 6.45) is 5.74. The first-order chi connectivity index (χ1) is 14.8. The molecule has 10 heteroatoms. The number of benzene rings is 1. The molecule has 0 radical (unpaired) electrons. The number of anilines is 3. The molecule has 0 saturated carbocycles. The summed E-state index contributed by atoms with van der Waals surface area (Å²) in [6, 6.07) is 7.95. The topological polar surface area (TPSA) is 144 Å². The number of aromatic nitrogens is 3. The van der Waals surface area contributed by atoms with Crippen LogP contribution in [0.1, 0.15) is 18.1 Å². The molecule has 2 heterocycles. The average Bonchev–Trinajstić information content (AvgIpc) is 2.74. The highest BCUT2D eigenvalue weighted by Gasteiger charge is 2.10. The lowest BCUT2D eigenvalue weighted by molar-refractivity contribution is 0.281. The molecule has 0 fully saturated rings. The van der Waals surface area contributed by atoms with Crippen LogP contribution in [0.15, 0.2) is 53.8 Å². The van der Waals surface area contributed by atoms with Crippen molar-refractivity contribution in [2.24, 2.45) is 0 Å². The van der Waals surface area contributed by atoms with Crippen LogP contribution in [0, 0.1) is 16.6 Å². The van der Waals surface area contributed by atoms with Crippen molar-refractivity contribution in [3.05, 3.63) is 60.0 Å². The van der Waals surface area contributed by atoms with Crippen LogP contribution in [0.5, 0.6) is 5.75 Å². The molecule has 0 bridgehead atoms. The van der Waals surface area contributed by atoms with Gasteiger partial charge >= 0.3 is 0 Å². The second-order valence-corrected chi connectivity index (χ2v) is 8.98. The highest BCUT2D eigenvalue weighted by Crippen LogP contribution is 2.20. The number of aromatic hydroxyl groups is 1. The molecular formula is C21H22N6O3S. The van der Waals surface area contributed by atoms with Crippen molar-refractivity contribution in [2.75, 3.05) is 23.5 Å². The Morgan fingerprint density at radius 1 is 1.16 bits per heavy atom. The maximum atomic E-state index is 11.8. The van der Waals surface area contributed by atoms with E-state index < -0.39 is 9.73 Å². The Kier molecular flexibility index (Phi) is 6.69. The van der Waals surface area contributed by atoms with Crippen molar-refractivity contribution in [1.82, 2.24) is 15.0 Å². The largest absolute Gasteiger partial charge is 0.505 e. The van der Waals surface area contributed by atoms with Gasteiger partial charge in [-0.3, -0.25) is 4.98 Å². The van der Waals surface area contributed by atoms with E-state index in [1.807, 2.05) is 0 Å². The molecule has 3 rings (SSSR count). The second kappa shape index (κ2) is 9.42. The monoisotopic (exact) mass is 438 g/mol. The Labute approximate surface area is 180 Å². The Bertz CT molecular complexity index is 1230. The molecular weight excluding hydrogens is 416 g/mol. The number of aliphatic hydroxyl groups is 1. The van der Waals surface area contributed by atoms with Crippen molar-refractivity contribution in [3.8, 4) is 17.6 Å². The molecule has 1 aromatic carbocycles. The normalized spacial score (nSPS) is 13.4. The third-order valence-corrected chi connectivity index (χ3v) is 5.31. The number of nitrogens with zero attached hydrogens (tertiary/aromatic N) is 3. The lowest BCUT2D eigenvalue weighted by Gasteiger charge is -2.14.